The molecule has 0 saturated heterocycles. The molecule has 5 N–H and O–H groups in total. The van der Waals surface area contributed by atoms with Gasteiger partial charge in [0.05, 0.1) is 5.69 Å². The maximum absolute atomic E-state index is 11.1. The topological polar surface area (TPSA) is 94.0 Å². The monoisotopic (exact) mass is 260 g/mol. The number of carbonyl (C=O) groups excluding carboxylic acids is 1. The minimum atomic E-state index is -0.347. The van der Waals surface area contributed by atoms with Crippen LogP contribution >= 0.6 is 23.1 Å². The van der Waals surface area contributed by atoms with Gasteiger partial charge in [0, 0.05) is 22.4 Å². The van der Waals surface area contributed by atoms with Crippen molar-refractivity contribution < 1.29 is 4.79 Å². The predicted octanol–water partition coefficient (Wildman–Crippen LogP) is 0.717. The first-order valence-electron chi connectivity index (χ1n) is 4.74. The summed E-state index contributed by atoms with van der Waals surface area (Å²) in [7, 11) is 0. The van der Waals surface area contributed by atoms with Crippen molar-refractivity contribution >= 4 is 29.0 Å². The maximum Gasteiger partial charge on any atom is 0.294 e. The third-order valence-corrected chi connectivity index (χ3v) is 3.94. The highest BCUT2D eigenvalue weighted by molar-refractivity contribution is 7.98. The fourth-order valence-electron chi connectivity index (χ4n) is 0.958. The molecule has 1 rings (SSSR count). The second-order valence-corrected chi connectivity index (χ2v) is 5.94. The van der Waals surface area contributed by atoms with Gasteiger partial charge in [0.2, 0.25) is 0 Å². The van der Waals surface area contributed by atoms with Gasteiger partial charge in [0.1, 0.15) is 0 Å². The number of amides is 1. The van der Waals surface area contributed by atoms with Crippen LogP contribution in [-0.2, 0) is 5.75 Å². The van der Waals surface area contributed by atoms with E-state index >= 15 is 0 Å². The summed E-state index contributed by atoms with van der Waals surface area (Å²) in [4.78, 5) is 15.3. The lowest BCUT2D eigenvalue weighted by Gasteiger charge is -2.16. The lowest BCUT2D eigenvalue weighted by atomic mass is 10.1. The summed E-state index contributed by atoms with van der Waals surface area (Å²) in [6.07, 6.45) is 0. The Balaban J connectivity index is 2.44. The molecule has 1 aromatic heterocycles. The first-order chi connectivity index (χ1) is 7.42. The van der Waals surface area contributed by atoms with Crippen LogP contribution in [-0.4, -0.2) is 22.2 Å². The Kier molecular flexibility index (Phi) is 4.72. The summed E-state index contributed by atoms with van der Waals surface area (Å²) in [5.41, 5.74) is 8.62. The summed E-state index contributed by atoms with van der Waals surface area (Å²) < 4.78 is 0. The van der Waals surface area contributed by atoms with Gasteiger partial charge in [-0.2, -0.15) is 11.8 Å². The molecule has 0 bridgehead atoms. The molecular weight excluding hydrogens is 244 g/mol. The smallest absolute Gasteiger partial charge is 0.294 e. The number of nitrogens with one attached hydrogen (secondary N) is 1. The number of nitrogen functional groups attached to an aromatic ring is 1. The molecule has 16 heavy (non-hydrogen) atoms. The van der Waals surface area contributed by atoms with E-state index in [4.69, 9.17) is 11.6 Å². The third-order valence-electron chi connectivity index (χ3n) is 1.60. The Labute approximate surface area is 103 Å². The van der Waals surface area contributed by atoms with Gasteiger partial charge in [0.15, 0.2) is 5.01 Å². The van der Waals surface area contributed by atoms with Crippen LogP contribution in [0.1, 0.15) is 29.3 Å². The fourth-order valence-corrected chi connectivity index (χ4v) is 2.77. The van der Waals surface area contributed by atoms with Crippen LogP contribution in [0.2, 0.25) is 0 Å². The van der Waals surface area contributed by atoms with E-state index in [0.29, 0.717) is 5.01 Å². The van der Waals surface area contributed by atoms with Gasteiger partial charge in [-0.15, -0.1) is 11.3 Å². The Morgan fingerprint density at radius 3 is 2.94 bits per heavy atom. The Bertz CT molecular complexity index is 359. The molecule has 0 saturated carbocycles. The summed E-state index contributed by atoms with van der Waals surface area (Å²) in [5, 5.41) is 2.26. The molecule has 1 amide bonds. The first kappa shape index (κ1) is 13.4. The molecule has 90 valence electrons. The molecule has 1 heterocycles. The highest BCUT2D eigenvalue weighted by Crippen LogP contribution is 2.18. The highest BCUT2D eigenvalue weighted by atomic mass is 32.2. The minimum Gasteiger partial charge on any atom is -0.325 e. The van der Waals surface area contributed by atoms with Gasteiger partial charge < -0.3 is 5.73 Å². The van der Waals surface area contributed by atoms with Crippen molar-refractivity contribution in [2.75, 3.05) is 5.75 Å². The van der Waals surface area contributed by atoms with Gasteiger partial charge >= 0.3 is 0 Å². The van der Waals surface area contributed by atoms with E-state index in [1.54, 1.807) is 11.8 Å². The molecule has 0 aliphatic carbocycles. The molecule has 0 unspecified atom stereocenters. The van der Waals surface area contributed by atoms with Crippen molar-refractivity contribution in [3.05, 3.63) is 16.1 Å². The zero-order valence-electron chi connectivity index (χ0n) is 9.32. The van der Waals surface area contributed by atoms with E-state index in [9.17, 15) is 4.79 Å². The second kappa shape index (κ2) is 5.62. The maximum atomic E-state index is 11.1. The molecule has 5 nitrogen and oxygen atoms in total. The SMILES string of the molecule is CC(C)(N)CSCc1csc(C(=O)NN)n1. The number of hydrogen-bond acceptors (Lipinski definition) is 6. The van der Waals surface area contributed by atoms with Gasteiger partial charge in [-0.1, -0.05) is 0 Å². The number of rotatable bonds is 5. The van der Waals surface area contributed by atoms with Gasteiger partial charge in [-0.25, -0.2) is 10.8 Å². The molecule has 0 fully saturated rings. The molecule has 0 spiro atoms. The normalized spacial score (nSPS) is 11.5. The zero-order valence-corrected chi connectivity index (χ0v) is 11.0. The van der Waals surface area contributed by atoms with E-state index in [2.05, 4.69) is 10.4 Å². The van der Waals surface area contributed by atoms with E-state index in [1.807, 2.05) is 19.2 Å². The van der Waals surface area contributed by atoms with Crippen LogP contribution in [0.25, 0.3) is 0 Å². The largest absolute Gasteiger partial charge is 0.325 e. The van der Waals surface area contributed by atoms with Crippen molar-refractivity contribution in [1.82, 2.24) is 10.4 Å². The molecule has 1 aromatic rings. The van der Waals surface area contributed by atoms with Crippen LogP contribution < -0.4 is 17.0 Å². The first-order valence-corrected chi connectivity index (χ1v) is 6.78. The molecule has 0 radical (unpaired) electrons. The van der Waals surface area contributed by atoms with Crippen molar-refractivity contribution in [2.45, 2.75) is 25.1 Å². The molecular formula is C9H16N4OS2. The minimum absolute atomic E-state index is 0.182. The lowest BCUT2D eigenvalue weighted by Crippen LogP contribution is -2.34. The standard InChI is InChI=1S/C9H16N4OS2/c1-9(2,10)5-15-3-6-4-16-8(12-6)7(14)13-11/h4H,3,5,10-11H2,1-2H3,(H,13,14). The molecule has 7 heteroatoms. The molecule has 0 aliphatic heterocycles. The molecule has 0 aromatic carbocycles. The lowest BCUT2D eigenvalue weighted by molar-refractivity contribution is 0.0953. The summed E-state index contributed by atoms with van der Waals surface area (Å²) in [6.45, 7) is 3.96. The number of nitrogens with two attached hydrogens (primary N) is 2. The molecule has 0 atom stereocenters. The van der Waals surface area contributed by atoms with E-state index < -0.39 is 0 Å². The predicted molar refractivity (Wildman–Crippen MR) is 68.2 cm³/mol. The van der Waals surface area contributed by atoms with Crippen LogP contribution in [0, 0.1) is 0 Å². The summed E-state index contributed by atoms with van der Waals surface area (Å²) in [5.74, 6) is 6.28. The van der Waals surface area contributed by atoms with Crippen LogP contribution in [0.5, 0.6) is 0 Å². The highest BCUT2D eigenvalue weighted by Gasteiger charge is 2.12. The number of aromatic nitrogens is 1. The third kappa shape index (κ3) is 4.48. The van der Waals surface area contributed by atoms with Crippen LogP contribution in [0.15, 0.2) is 5.38 Å². The van der Waals surface area contributed by atoms with Gasteiger partial charge in [0.25, 0.3) is 5.91 Å². The Hall–Kier alpha value is -0.630. The van der Waals surface area contributed by atoms with E-state index in [0.717, 1.165) is 17.2 Å². The van der Waals surface area contributed by atoms with Crippen molar-refractivity contribution in [1.29, 1.82) is 0 Å². The van der Waals surface area contributed by atoms with Gasteiger partial charge in [-0.05, 0) is 13.8 Å². The zero-order chi connectivity index (χ0) is 12.2. The average molecular weight is 260 g/mol. The number of nitrogens with zero attached hydrogens (tertiary/aromatic N) is 1. The summed E-state index contributed by atoms with van der Waals surface area (Å²) in [6, 6.07) is 0. The molecule has 0 aliphatic rings. The quantitative estimate of drug-likeness (QED) is 0.412. The van der Waals surface area contributed by atoms with Crippen molar-refractivity contribution in [2.24, 2.45) is 11.6 Å². The van der Waals surface area contributed by atoms with Crippen LogP contribution in [0.4, 0.5) is 0 Å². The Morgan fingerprint density at radius 2 is 2.38 bits per heavy atom. The van der Waals surface area contributed by atoms with E-state index in [1.165, 1.54) is 11.3 Å². The average Bonchev–Trinajstić information content (AvgIpc) is 2.63. The number of thioether (sulfide) groups is 1. The Morgan fingerprint density at radius 1 is 1.69 bits per heavy atom. The number of hydrogen-bond donors (Lipinski definition) is 3. The number of carbonyl (C=O) groups is 1. The van der Waals surface area contributed by atoms with Crippen molar-refractivity contribution in [3.63, 3.8) is 0 Å². The second-order valence-electron chi connectivity index (χ2n) is 4.10. The number of thiazole rings is 1. The van der Waals surface area contributed by atoms with Crippen LogP contribution in [0.3, 0.4) is 0 Å². The van der Waals surface area contributed by atoms with Gasteiger partial charge in [-0.3, -0.25) is 10.2 Å². The van der Waals surface area contributed by atoms with E-state index in [-0.39, 0.29) is 11.4 Å². The summed E-state index contributed by atoms with van der Waals surface area (Å²) >= 11 is 2.99. The van der Waals surface area contributed by atoms with Crippen molar-refractivity contribution in [3.8, 4) is 0 Å². The number of hydrazine groups is 1. The fraction of sp³-hybridized carbons (Fsp3) is 0.556.